The first kappa shape index (κ1) is 16.8. The number of piperidine rings is 1. The minimum absolute atomic E-state index is 0.507. The van der Waals surface area contributed by atoms with Crippen molar-refractivity contribution in [3.05, 3.63) is 11.5 Å². The third kappa shape index (κ3) is 4.27. The number of hydrogen-bond acceptors (Lipinski definition) is 5. The van der Waals surface area contributed by atoms with E-state index in [1.807, 2.05) is 7.05 Å². The largest absolute Gasteiger partial charge is 0.383 e. The number of aromatic nitrogens is 2. The molecule has 0 saturated carbocycles. The van der Waals surface area contributed by atoms with Gasteiger partial charge in [-0.3, -0.25) is 0 Å². The van der Waals surface area contributed by atoms with Crippen LogP contribution in [0.15, 0.2) is 6.33 Å². The zero-order valence-corrected chi connectivity index (χ0v) is 14.9. The van der Waals surface area contributed by atoms with E-state index in [1.165, 1.54) is 58.2 Å². The van der Waals surface area contributed by atoms with Crippen LogP contribution in [0.5, 0.6) is 0 Å². The summed E-state index contributed by atoms with van der Waals surface area (Å²) in [7, 11) is 1.88. The van der Waals surface area contributed by atoms with Gasteiger partial charge in [0.15, 0.2) is 11.0 Å². The highest BCUT2D eigenvalue weighted by Gasteiger charge is 2.25. The van der Waals surface area contributed by atoms with Crippen LogP contribution in [0.25, 0.3) is 0 Å². The van der Waals surface area contributed by atoms with Gasteiger partial charge in [0.05, 0.1) is 0 Å². The Morgan fingerprint density at radius 3 is 2.65 bits per heavy atom. The van der Waals surface area contributed by atoms with E-state index in [2.05, 4.69) is 25.1 Å². The van der Waals surface area contributed by atoms with Crippen molar-refractivity contribution in [2.45, 2.75) is 38.5 Å². The molecule has 0 aliphatic carbocycles. The van der Waals surface area contributed by atoms with Crippen molar-refractivity contribution >= 4 is 23.1 Å². The molecule has 2 aliphatic rings. The molecule has 1 atom stereocenters. The lowest BCUT2D eigenvalue weighted by Crippen LogP contribution is -2.42. The van der Waals surface area contributed by atoms with Crippen LogP contribution in [0.3, 0.4) is 0 Å². The first-order chi connectivity index (χ1) is 11.3. The maximum atomic E-state index is 6.21. The number of likely N-dealkylation sites (tertiary alicyclic amines) is 1. The third-order valence-electron chi connectivity index (χ3n) is 5.06. The highest BCUT2D eigenvalue weighted by atomic mass is 35.5. The minimum Gasteiger partial charge on any atom is -0.383 e. The Balaban J connectivity index is 1.65. The first-order valence-electron chi connectivity index (χ1n) is 8.93. The van der Waals surface area contributed by atoms with Gasteiger partial charge in [-0.25, -0.2) is 9.97 Å². The molecular weight excluding hydrogens is 310 g/mol. The fourth-order valence-corrected chi connectivity index (χ4v) is 4.12. The molecule has 23 heavy (non-hydrogen) atoms. The standard InChI is InChI=1S/C17H28ClN5/c1-19-15-16(18)20-13-21-17(15)23-10-6-7-14(12-23)11-22-8-4-2-3-5-9-22/h13-14,19H,2-12H2,1H3. The predicted molar refractivity (Wildman–Crippen MR) is 96.4 cm³/mol. The zero-order chi connectivity index (χ0) is 16.1. The second kappa shape index (κ2) is 8.15. The van der Waals surface area contributed by atoms with Gasteiger partial charge in [-0.1, -0.05) is 24.4 Å². The topological polar surface area (TPSA) is 44.3 Å². The van der Waals surface area contributed by atoms with E-state index in [9.17, 15) is 0 Å². The Morgan fingerprint density at radius 1 is 1.13 bits per heavy atom. The van der Waals surface area contributed by atoms with E-state index < -0.39 is 0 Å². The molecule has 0 radical (unpaired) electrons. The van der Waals surface area contributed by atoms with Crippen LogP contribution in [-0.4, -0.2) is 54.6 Å². The van der Waals surface area contributed by atoms with Crippen molar-refractivity contribution in [3.63, 3.8) is 0 Å². The molecule has 5 nitrogen and oxygen atoms in total. The summed E-state index contributed by atoms with van der Waals surface area (Å²) in [5.74, 6) is 1.67. The SMILES string of the molecule is CNc1c(Cl)ncnc1N1CCCC(CN2CCCCCC2)C1. The number of halogens is 1. The van der Waals surface area contributed by atoms with E-state index >= 15 is 0 Å². The van der Waals surface area contributed by atoms with Crippen LogP contribution >= 0.6 is 11.6 Å². The average Bonchev–Trinajstić information content (AvgIpc) is 2.83. The van der Waals surface area contributed by atoms with Gasteiger partial charge in [0.2, 0.25) is 0 Å². The van der Waals surface area contributed by atoms with E-state index in [1.54, 1.807) is 6.33 Å². The molecule has 0 bridgehead atoms. The molecule has 3 rings (SSSR count). The highest BCUT2D eigenvalue weighted by molar-refractivity contribution is 6.32. The molecule has 6 heteroatoms. The van der Waals surface area contributed by atoms with Crippen molar-refractivity contribution < 1.29 is 0 Å². The maximum Gasteiger partial charge on any atom is 0.157 e. The lowest BCUT2D eigenvalue weighted by molar-refractivity contribution is 0.222. The average molecular weight is 338 g/mol. The van der Waals surface area contributed by atoms with E-state index in [4.69, 9.17) is 11.6 Å². The molecule has 1 unspecified atom stereocenters. The molecule has 3 heterocycles. The van der Waals surface area contributed by atoms with Crippen molar-refractivity contribution in [3.8, 4) is 0 Å². The number of hydrogen-bond donors (Lipinski definition) is 1. The summed E-state index contributed by atoms with van der Waals surface area (Å²) in [5.41, 5.74) is 0.851. The van der Waals surface area contributed by atoms with E-state index in [0.717, 1.165) is 30.5 Å². The fraction of sp³-hybridized carbons (Fsp3) is 0.765. The summed E-state index contributed by atoms with van der Waals surface area (Å²) >= 11 is 6.21. The number of rotatable bonds is 4. The summed E-state index contributed by atoms with van der Waals surface area (Å²) in [6.45, 7) is 5.90. The molecule has 0 spiro atoms. The van der Waals surface area contributed by atoms with Crippen LogP contribution in [-0.2, 0) is 0 Å². The van der Waals surface area contributed by atoms with Gasteiger partial charge in [0.25, 0.3) is 0 Å². The number of nitrogens with zero attached hydrogens (tertiary/aromatic N) is 4. The Morgan fingerprint density at radius 2 is 1.91 bits per heavy atom. The Labute approximate surface area is 144 Å². The molecule has 0 aromatic carbocycles. The van der Waals surface area contributed by atoms with Crippen LogP contribution in [0.4, 0.5) is 11.5 Å². The monoisotopic (exact) mass is 337 g/mol. The summed E-state index contributed by atoms with van der Waals surface area (Å²) in [6.07, 6.45) is 9.64. The third-order valence-corrected chi connectivity index (χ3v) is 5.35. The Kier molecular flexibility index (Phi) is 5.95. The summed E-state index contributed by atoms with van der Waals surface area (Å²) in [4.78, 5) is 13.6. The van der Waals surface area contributed by atoms with Crippen LogP contribution < -0.4 is 10.2 Å². The molecule has 1 aromatic rings. The molecule has 2 fully saturated rings. The van der Waals surface area contributed by atoms with Gasteiger partial charge < -0.3 is 15.1 Å². The smallest absolute Gasteiger partial charge is 0.157 e. The first-order valence-corrected chi connectivity index (χ1v) is 9.31. The maximum absolute atomic E-state index is 6.21. The van der Waals surface area contributed by atoms with E-state index in [0.29, 0.717) is 5.15 Å². The summed E-state index contributed by atoms with van der Waals surface area (Å²) in [6, 6.07) is 0. The molecular formula is C17H28ClN5. The van der Waals surface area contributed by atoms with Gasteiger partial charge in [0, 0.05) is 26.7 Å². The van der Waals surface area contributed by atoms with Gasteiger partial charge >= 0.3 is 0 Å². The molecule has 2 aliphatic heterocycles. The normalized spacial score (nSPS) is 23.6. The van der Waals surface area contributed by atoms with Crippen molar-refractivity contribution in [1.82, 2.24) is 14.9 Å². The lowest BCUT2D eigenvalue weighted by atomic mass is 9.97. The summed E-state index contributed by atoms with van der Waals surface area (Å²) < 4.78 is 0. The minimum atomic E-state index is 0.507. The molecule has 0 amide bonds. The molecule has 1 aromatic heterocycles. The van der Waals surface area contributed by atoms with Crippen LogP contribution in [0.1, 0.15) is 38.5 Å². The fourth-order valence-electron chi connectivity index (χ4n) is 3.90. The van der Waals surface area contributed by atoms with Crippen molar-refractivity contribution in [2.24, 2.45) is 5.92 Å². The van der Waals surface area contributed by atoms with Gasteiger partial charge in [-0.2, -0.15) is 0 Å². The van der Waals surface area contributed by atoms with E-state index in [-0.39, 0.29) is 0 Å². The number of anilines is 2. The Hall–Kier alpha value is -1.07. The molecule has 2 saturated heterocycles. The lowest BCUT2D eigenvalue weighted by Gasteiger charge is -2.36. The van der Waals surface area contributed by atoms with Crippen molar-refractivity contribution in [1.29, 1.82) is 0 Å². The Bertz CT molecular complexity index is 502. The van der Waals surface area contributed by atoms with Crippen molar-refractivity contribution in [2.75, 3.05) is 50.0 Å². The van der Waals surface area contributed by atoms with Gasteiger partial charge in [-0.05, 0) is 44.7 Å². The number of nitrogens with one attached hydrogen (secondary N) is 1. The molecule has 1 N–H and O–H groups in total. The highest BCUT2D eigenvalue weighted by Crippen LogP contribution is 2.32. The zero-order valence-electron chi connectivity index (χ0n) is 14.1. The molecule has 128 valence electrons. The second-order valence-corrected chi connectivity index (χ2v) is 7.14. The van der Waals surface area contributed by atoms with Gasteiger partial charge in [0.1, 0.15) is 12.0 Å². The van der Waals surface area contributed by atoms with Gasteiger partial charge in [-0.15, -0.1) is 0 Å². The van der Waals surface area contributed by atoms with Crippen LogP contribution in [0, 0.1) is 5.92 Å². The van der Waals surface area contributed by atoms with Crippen LogP contribution in [0.2, 0.25) is 5.15 Å². The quantitative estimate of drug-likeness (QED) is 0.854. The predicted octanol–water partition coefficient (Wildman–Crippen LogP) is 3.26. The summed E-state index contributed by atoms with van der Waals surface area (Å²) in [5, 5.41) is 3.66. The second-order valence-electron chi connectivity index (χ2n) is 6.78.